The van der Waals surface area contributed by atoms with Crippen molar-refractivity contribution in [3.63, 3.8) is 0 Å². The standard InChI is InChI=1S/C20H28N6O2S.HI/c1-2-17-6-8-18(9-7-17)24-20(21)23-11-16-29(27,28)26-14-12-25(13-15-26)19-5-3-4-10-22-19;/h3-10H,2,11-16H2,1H3,(H3,21,23,24);1H. The molecule has 0 unspecified atom stereocenters. The first-order chi connectivity index (χ1) is 14.0. The van der Waals surface area contributed by atoms with E-state index in [1.807, 2.05) is 42.5 Å². The second kappa shape index (κ2) is 11.5. The Hall–Kier alpha value is -1.92. The summed E-state index contributed by atoms with van der Waals surface area (Å²) in [4.78, 5) is 10.6. The van der Waals surface area contributed by atoms with Gasteiger partial charge in [0.2, 0.25) is 10.0 Å². The van der Waals surface area contributed by atoms with Crippen LogP contribution in [0.2, 0.25) is 0 Å². The molecule has 0 amide bonds. The molecule has 1 aliphatic rings. The van der Waals surface area contributed by atoms with E-state index in [0.29, 0.717) is 26.2 Å². The largest absolute Gasteiger partial charge is 0.370 e. The van der Waals surface area contributed by atoms with Crippen molar-refractivity contribution in [3.05, 3.63) is 54.2 Å². The van der Waals surface area contributed by atoms with Crippen molar-refractivity contribution in [2.45, 2.75) is 13.3 Å². The third kappa shape index (κ3) is 6.81. The number of nitrogens with one attached hydrogen (secondary N) is 1. The lowest BCUT2D eigenvalue weighted by Crippen LogP contribution is -2.49. The zero-order chi connectivity index (χ0) is 20.7. The van der Waals surface area contributed by atoms with Crippen LogP contribution in [-0.4, -0.2) is 62.1 Å². The zero-order valence-corrected chi connectivity index (χ0v) is 20.2. The molecule has 3 rings (SSSR count). The molecule has 8 nitrogen and oxygen atoms in total. The van der Waals surface area contributed by atoms with Gasteiger partial charge in [-0.2, -0.15) is 4.31 Å². The molecule has 0 atom stereocenters. The van der Waals surface area contributed by atoms with E-state index in [0.717, 1.165) is 17.9 Å². The number of aliphatic imine (C=N–C) groups is 1. The van der Waals surface area contributed by atoms with Crippen LogP contribution < -0.4 is 16.0 Å². The maximum absolute atomic E-state index is 12.6. The van der Waals surface area contributed by atoms with Crippen molar-refractivity contribution in [2.75, 3.05) is 48.7 Å². The Morgan fingerprint density at radius 2 is 1.83 bits per heavy atom. The molecule has 0 spiro atoms. The molecule has 3 N–H and O–H groups in total. The Kier molecular flexibility index (Phi) is 9.31. The van der Waals surface area contributed by atoms with Gasteiger partial charge in [0.15, 0.2) is 5.96 Å². The fraction of sp³-hybridized carbons (Fsp3) is 0.400. The second-order valence-electron chi connectivity index (χ2n) is 6.83. The van der Waals surface area contributed by atoms with Crippen LogP contribution in [0.15, 0.2) is 53.7 Å². The zero-order valence-electron chi connectivity index (χ0n) is 17.1. The monoisotopic (exact) mass is 544 g/mol. The number of anilines is 2. The molecule has 0 radical (unpaired) electrons. The van der Waals surface area contributed by atoms with Gasteiger partial charge < -0.3 is 16.0 Å². The first kappa shape index (κ1) is 24.4. The highest BCUT2D eigenvalue weighted by Gasteiger charge is 2.26. The summed E-state index contributed by atoms with van der Waals surface area (Å²) in [6.07, 6.45) is 2.71. The van der Waals surface area contributed by atoms with Crippen molar-refractivity contribution in [2.24, 2.45) is 10.7 Å². The Labute approximate surface area is 195 Å². The van der Waals surface area contributed by atoms with Crippen LogP contribution in [0.3, 0.4) is 0 Å². The van der Waals surface area contributed by atoms with Crippen molar-refractivity contribution < 1.29 is 8.42 Å². The number of nitrogens with two attached hydrogens (primary N) is 1. The van der Waals surface area contributed by atoms with Gasteiger partial charge in [0.25, 0.3) is 0 Å². The number of pyridine rings is 1. The smallest absolute Gasteiger partial charge is 0.216 e. The van der Waals surface area contributed by atoms with Crippen LogP contribution in [0.25, 0.3) is 0 Å². The number of piperazine rings is 1. The summed E-state index contributed by atoms with van der Waals surface area (Å²) in [6, 6.07) is 13.6. The first-order valence-electron chi connectivity index (χ1n) is 9.77. The fourth-order valence-corrected chi connectivity index (χ4v) is 4.46. The van der Waals surface area contributed by atoms with Crippen LogP contribution in [0, 0.1) is 0 Å². The van der Waals surface area contributed by atoms with E-state index in [1.54, 1.807) is 6.20 Å². The van der Waals surface area contributed by atoms with Gasteiger partial charge in [-0.15, -0.1) is 24.0 Å². The number of nitrogens with zero attached hydrogens (tertiary/aromatic N) is 4. The van der Waals surface area contributed by atoms with Crippen molar-refractivity contribution >= 4 is 51.5 Å². The molecule has 0 bridgehead atoms. The molecule has 2 heterocycles. The predicted octanol–water partition coefficient (Wildman–Crippen LogP) is 2.14. The molecule has 1 aliphatic heterocycles. The molecule has 1 aromatic heterocycles. The molecule has 0 saturated carbocycles. The minimum atomic E-state index is -3.37. The van der Waals surface area contributed by atoms with Crippen LogP contribution in [0.5, 0.6) is 0 Å². The van der Waals surface area contributed by atoms with E-state index in [9.17, 15) is 8.42 Å². The lowest BCUT2D eigenvalue weighted by molar-refractivity contribution is 0.384. The van der Waals surface area contributed by atoms with Crippen molar-refractivity contribution in [1.29, 1.82) is 0 Å². The third-order valence-electron chi connectivity index (χ3n) is 4.87. The number of halogens is 1. The van der Waals surface area contributed by atoms with E-state index in [1.165, 1.54) is 9.87 Å². The van der Waals surface area contributed by atoms with Gasteiger partial charge in [-0.3, -0.25) is 4.99 Å². The number of hydrogen-bond acceptors (Lipinski definition) is 5. The Morgan fingerprint density at radius 1 is 1.13 bits per heavy atom. The molecule has 10 heteroatoms. The number of guanidine groups is 1. The number of benzene rings is 1. The van der Waals surface area contributed by atoms with E-state index < -0.39 is 10.0 Å². The molecular weight excluding hydrogens is 515 g/mol. The maximum atomic E-state index is 12.6. The number of sulfonamides is 1. The average Bonchev–Trinajstić information content (AvgIpc) is 2.75. The minimum absolute atomic E-state index is 0. The van der Waals surface area contributed by atoms with Gasteiger partial charge in [0.1, 0.15) is 5.82 Å². The molecular formula is C20H29IN6O2S. The Morgan fingerprint density at radius 3 is 2.43 bits per heavy atom. The number of hydrogen-bond donors (Lipinski definition) is 2. The van der Waals surface area contributed by atoms with Crippen LogP contribution in [-0.2, 0) is 16.4 Å². The van der Waals surface area contributed by atoms with Crippen molar-refractivity contribution in [3.8, 4) is 0 Å². The van der Waals surface area contributed by atoms with Crippen molar-refractivity contribution in [1.82, 2.24) is 9.29 Å². The van der Waals surface area contributed by atoms with Gasteiger partial charge in [-0.05, 0) is 36.2 Å². The second-order valence-corrected chi connectivity index (χ2v) is 8.92. The van der Waals surface area contributed by atoms with Crippen LogP contribution in [0.4, 0.5) is 11.5 Å². The summed E-state index contributed by atoms with van der Waals surface area (Å²) < 4.78 is 26.7. The van der Waals surface area contributed by atoms with E-state index in [4.69, 9.17) is 5.73 Å². The lowest BCUT2D eigenvalue weighted by atomic mass is 10.1. The number of aromatic nitrogens is 1. The van der Waals surface area contributed by atoms with Gasteiger partial charge >= 0.3 is 0 Å². The van der Waals surface area contributed by atoms with Crippen LogP contribution in [0.1, 0.15) is 12.5 Å². The maximum Gasteiger partial charge on any atom is 0.216 e. The minimum Gasteiger partial charge on any atom is -0.370 e. The topological polar surface area (TPSA) is 104 Å². The highest BCUT2D eigenvalue weighted by Crippen LogP contribution is 2.15. The Balaban J connectivity index is 0.00000320. The highest BCUT2D eigenvalue weighted by atomic mass is 127. The molecule has 2 aromatic rings. The Bertz CT molecular complexity index is 914. The molecule has 1 fully saturated rings. The predicted molar refractivity (Wildman–Crippen MR) is 133 cm³/mol. The van der Waals surface area contributed by atoms with Gasteiger partial charge in [0, 0.05) is 38.1 Å². The quantitative estimate of drug-likeness (QED) is 0.315. The van der Waals surface area contributed by atoms with E-state index in [2.05, 4.69) is 27.1 Å². The first-order valence-corrected chi connectivity index (χ1v) is 11.4. The number of aryl methyl sites for hydroxylation is 1. The lowest BCUT2D eigenvalue weighted by Gasteiger charge is -2.34. The van der Waals surface area contributed by atoms with Crippen LogP contribution >= 0.6 is 24.0 Å². The number of rotatable bonds is 7. The summed E-state index contributed by atoms with van der Waals surface area (Å²) in [7, 11) is -3.37. The average molecular weight is 544 g/mol. The SMILES string of the molecule is CCc1ccc(NC(N)=NCCS(=O)(=O)N2CCN(c3ccccn3)CC2)cc1.I. The van der Waals surface area contributed by atoms with Gasteiger partial charge in [0.05, 0.1) is 12.3 Å². The summed E-state index contributed by atoms with van der Waals surface area (Å²) in [5.74, 6) is 1.03. The normalized spacial score (nSPS) is 15.5. The highest BCUT2D eigenvalue weighted by molar-refractivity contribution is 14.0. The van der Waals surface area contributed by atoms with E-state index in [-0.39, 0.29) is 42.2 Å². The summed E-state index contributed by atoms with van der Waals surface area (Å²) in [5.41, 5.74) is 7.95. The summed E-state index contributed by atoms with van der Waals surface area (Å²) in [6.45, 7) is 4.35. The van der Waals surface area contributed by atoms with E-state index >= 15 is 0 Å². The van der Waals surface area contributed by atoms with Gasteiger partial charge in [-0.1, -0.05) is 25.1 Å². The summed E-state index contributed by atoms with van der Waals surface area (Å²) in [5, 5.41) is 2.99. The van der Waals surface area contributed by atoms with Gasteiger partial charge in [-0.25, -0.2) is 13.4 Å². The summed E-state index contributed by atoms with van der Waals surface area (Å²) >= 11 is 0. The third-order valence-corrected chi connectivity index (χ3v) is 6.72. The molecule has 1 aromatic carbocycles. The fourth-order valence-electron chi connectivity index (χ4n) is 3.16. The molecule has 164 valence electrons. The molecule has 30 heavy (non-hydrogen) atoms. The molecule has 0 aliphatic carbocycles. The molecule has 1 saturated heterocycles.